The first-order chi connectivity index (χ1) is 12.5. The van der Waals surface area contributed by atoms with E-state index in [-0.39, 0.29) is 17.8 Å². The minimum absolute atomic E-state index is 0.110. The summed E-state index contributed by atoms with van der Waals surface area (Å²) in [6.45, 7) is 4.31. The van der Waals surface area contributed by atoms with Crippen molar-refractivity contribution in [2.45, 2.75) is 26.3 Å². The van der Waals surface area contributed by atoms with E-state index in [9.17, 15) is 9.59 Å². The molecular weight excluding hydrogens is 330 g/mol. The van der Waals surface area contributed by atoms with Crippen LogP contribution in [0.15, 0.2) is 39.9 Å². The van der Waals surface area contributed by atoms with Gasteiger partial charge in [0.1, 0.15) is 0 Å². The van der Waals surface area contributed by atoms with Crippen LogP contribution < -0.4 is 16.1 Å². The topological polar surface area (TPSA) is 75.9 Å². The van der Waals surface area contributed by atoms with Crippen LogP contribution in [-0.2, 0) is 13.6 Å². The number of aromatic nitrogens is 4. The van der Waals surface area contributed by atoms with E-state index in [0.29, 0.717) is 17.6 Å². The first-order valence-electron chi connectivity index (χ1n) is 9.02. The Balaban J connectivity index is 1.71. The third kappa shape index (κ3) is 2.94. The molecule has 0 atom stereocenters. The molecular formula is C19H23N5O2. The maximum absolute atomic E-state index is 12.6. The second kappa shape index (κ2) is 6.48. The van der Waals surface area contributed by atoms with Crippen molar-refractivity contribution in [1.82, 2.24) is 19.1 Å². The monoisotopic (exact) mass is 353 g/mol. The number of fused-ring (bicyclic) bond motifs is 1. The molecule has 1 aliphatic heterocycles. The molecule has 0 unspecified atom stereocenters. The fourth-order valence-electron chi connectivity index (χ4n) is 3.62. The molecule has 3 aromatic rings. The van der Waals surface area contributed by atoms with Crippen LogP contribution in [0.5, 0.6) is 0 Å². The summed E-state index contributed by atoms with van der Waals surface area (Å²) in [5.41, 5.74) is 2.02. The molecule has 0 radical (unpaired) electrons. The number of benzene rings is 1. The van der Waals surface area contributed by atoms with Gasteiger partial charge in [-0.25, -0.2) is 9.78 Å². The van der Waals surface area contributed by atoms with Gasteiger partial charge in [0.15, 0.2) is 0 Å². The number of aryl methyl sites for hydroxylation is 1. The van der Waals surface area contributed by atoms with E-state index in [1.54, 1.807) is 16.2 Å². The summed E-state index contributed by atoms with van der Waals surface area (Å²) in [6.07, 6.45) is 2.19. The Morgan fingerprint density at radius 2 is 1.85 bits per heavy atom. The van der Waals surface area contributed by atoms with E-state index in [4.69, 9.17) is 0 Å². The smallest absolute Gasteiger partial charge is 0.329 e. The number of para-hydroxylation sites is 2. The van der Waals surface area contributed by atoms with Crippen LogP contribution in [0.25, 0.3) is 11.0 Å². The predicted molar refractivity (Wildman–Crippen MR) is 102 cm³/mol. The average Bonchev–Trinajstić information content (AvgIpc) is 2.87. The molecule has 7 nitrogen and oxygen atoms in total. The lowest BCUT2D eigenvalue weighted by molar-refractivity contribution is 0.434. The number of nitrogens with one attached hydrogen (secondary N) is 1. The maximum Gasteiger partial charge on any atom is 0.329 e. The van der Waals surface area contributed by atoms with Gasteiger partial charge in [-0.05, 0) is 30.9 Å². The Hall–Kier alpha value is -2.83. The van der Waals surface area contributed by atoms with Gasteiger partial charge in [0, 0.05) is 26.2 Å². The van der Waals surface area contributed by atoms with E-state index < -0.39 is 0 Å². The van der Waals surface area contributed by atoms with E-state index in [0.717, 1.165) is 37.0 Å². The summed E-state index contributed by atoms with van der Waals surface area (Å²) >= 11 is 0. The van der Waals surface area contributed by atoms with Gasteiger partial charge < -0.3 is 4.90 Å². The normalized spacial score (nSPS) is 15.7. The first kappa shape index (κ1) is 16.6. The minimum Gasteiger partial charge on any atom is -0.342 e. The van der Waals surface area contributed by atoms with Gasteiger partial charge in [0.2, 0.25) is 5.95 Å². The number of piperidine rings is 1. The van der Waals surface area contributed by atoms with Crippen LogP contribution in [0.1, 0.15) is 25.5 Å². The van der Waals surface area contributed by atoms with Gasteiger partial charge in [-0.15, -0.1) is 0 Å². The Morgan fingerprint density at radius 1 is 1.15 bits per heavy atom. The summed E-state index contributed by atoms with van der Waals surface area (Å²) in [6, 6.07) is 9.12. The van der Waals surface area contributed by atoms with Crippen LogP contribution in [0, 0.1) is 5.92 Å². The van der Waals surface area contributed by atoms with Crippen molar-refractivity contribution < 1.29 is 0 Å². The Bertz CT molecular complexity index is 1050. The van der Waals surface area contributed by atoms with Gasteiger partial charge in [0.25, 0.3) is 5.56 Å². The van der Waals surface area contributed by atoms with Crippen LogP contribution in [0.2, 0.25) is 0 Å². The lowest BCUT2D eigenvalue weighted by Crippen LogP contribution is -2.35. The third-order valence-electron chi connectivity index (χ3n) is 5.24. The molecule has 1 fully saturated rings. The fraction of sp³-hybridized carbons (Fsp3) is 0.421. The molecule has 0 bridgehead atoms. The van der Waals surface area contributed by atoms with Crippen LogP contribution in [0.3, 0.4) is 0 Å². The highest BCUT2D eigenvalue weighted by Gasteiger charge is 2.19. The molecule has 1 aromatic carbocycles. The van der Waals surface area contributed by atoms with Crippen molar-refractivity contribution in [3.05, 3.63) is 56.9 Å². The zero-order valence-electron chi connectivity index (χ0n) is 15.1. The van der Waals surface area contributed by atoms with Gasteiger partial charge in [0.05, 0.1) is 23.3 Å². The molecule has 136 valence electrons. The van der Waals surface area contributed by atoms with E-state index in [1.807, 2.05) is 24.3 Å². The fourth-order valence-corrected chi connectivity index (χ4v) is 3.62. The number of rotatable bonds is 3. The molecule has 3 heterocycles. The lowest BCUT2D eigenvalue weighted by atomic mass is 10.00. The number of hydrogen-bond acceptors (Lipinski definition) is 4. The molecule has 0 amide bonds. The van der Waals surface area contributed by atoms with Crippen molar-refractivity contribution in [3.8, 4) is 0 Å². The number of hydrogen-bond donors (Lipinski definition) is 1. The Labute approximate surface area is 150 Å². The molecule has 0 spiro atoms. The van der Waals surface area contributed by atoms with Crippen molar-refractivity contribution in [2.24, 2.45) is 13.0 Å². The van der Waals surface area contributed by atoms with Crippen molar-refractivity contribution >= 4 is 17.0 Å². The predicted octanol–water partition coefficient (Wildman–Crippen LogP) is 1.71. The highest BCUT2D eigenvalue weighted by atomic mass is 16.1. The molecule has 0 aliphatic carbocycles. The van der Waals surface area contributed by atoms with E-state index >= 15 is 0 Å². The molecule has 1 saturated heterocycles. The largest absolute Gasteiger partial charge is 0.342 e. The number of anilines is 1. The van der Waals surface area contributed by atoms with Crippen molar-refractivity contribution in [1.29, 1.82) is 0 Å². The zero-order chi connectivity index (χ0) is 18.3. The summed E-state index contributed by atoms with van der Waals surface area (Å²) in [4.78, 5) is 34.3. The number of nitrogens with zero attached hydrogens (tertiary/aromatic N) is 4. The molecule has 4 rings (SSSR count). The average molecular weight is 353 g/mol. The van der Waals surface area contributed by atoms with Gasteiger partial charge in [-0.2, -0.15) is 0 Å². The summed E-state index contributed by atoms with van der Waals surface area (Å²) < 4.78 is 3.29. The third-order valence-corrected chi connectivity index (χ3v) is 5.24. The van der Waals surface area contributed by atoms with Crippen LogP contribution in [-0.4, -0.2) is 32.2 Å². The second-order valence-electron chi connectivity index (χ2n) is 7.15. The van der Waals surface area contributed by atoms with E-state index in [1.165, 1.54) is 6.07 Å². The molecule has 1 aliphatic rings. The Morgan fingerprint density at radius 3 is 2.58 bits per heavy atom. The van der Waals surface area contributed by atoms with Crippen molar-refractivity contribution in [3.63, 3.8) is 0 Å². The van der Waals surface area contributed by atoms with Gasteiger partial charge in [-0.1, -0.05) is 19.1 Å². The summed E-state index contributed by atoms with van der Waals surface area (Å²) in [5.74, 6) is 1.31. The highest BCUT2D eigenvalue weighted by Crippen LogP contribution is 2.19. The van der Waals surface area contributed by atoms with Gasteiger partial charge >= 0.3 is 5.69 Å². The summed E-state index contributed by atoms with van der Waals surface area (Å²) in [5, 5.41) is 0. The van der Waals surface area contributed by atoms with Crippen LogP contribution >= 0.6 is 0 Å². The first-order valence-corrected chi connectivity index (χ1v) is 9.02. The number of imidazole rings is 1. The van der Waals surface area contributed by atoms with Crippen LogP contribution in [0.4, 0.5) is 5.95 Å². The van der Waals surface area contributed by atoms with Gasteiger partial charge in [-0.3, -0.25) is 18.9 Å². The highest BCUT2D eigenvalue weighted by molar-refractivity contribution is 5.75. The SMILES string of the molecule is CC1CCN(c2nc(Cn3c(=O)n(C)c4ccccc43)cc(=O)[nH]2)CC1. The molecule has 26 heavy (non-hydrogen) atoms. The molecule has 2 aromatic heterocycles. The zero-order valence-corrected chi connectivity index (χ0v) is 15.1. The van der Waals surface area contributed by atoms with Crippen molar-refractivity contribution in [2.75, 3.05) is 18.0 Å². The standard InChI is InChI=1S/C19H23N5O2/c1-13-7-9-23(10-8-13)18-20-14(11-17(25)21-18)12-24-16-6-4-3-5-15(16)22(2)19(24)26/h3-6,11,13H,7-10,12H2,1-2H3,(H,20,21,25). The Kier molecular flexibility index (Phi) is 4.14. The maximum atomic E-state index is 12.6. The second-order valence-corrected chi connectivity index (χ2v) is 7.15. The quantitative estimate of drug-likeness (QED) is 0.778. The lowest BCUT2D eigenvalue weighted by Gasteiger charge is -2.30. The molecule has 0 saturated carbocycles. The molecule has 1 N–H and O–H groups in total. The number of aromatic amines is 1. The number of H-pyrrole nitrogens is 1. The minimum atomic E-state index is -0.183. The molecule has 7 heteroatoms. The van der Waals surface area contributed by atoms with E-state index in [2.05, 4.69) is 21.8 Å². The summed E-state index contributed by atoms with van der Waals surface area (Å²) in [7, 11) is 1.76.